The minimum atomic E-state index is -0.0869. The van der Waals surface area contributed by atoms with Gasteiger partial charge in [0, 0.05) is 23.5 Å². The summed E-state index contributed by atoms with van der Waals surface area (Å²) in [5, 5.41) is 6.27. The zero-order valence-corrected chi connectivity index (χ0v) is 12.6. The molecular formula is C18H22N2O. The number of nitrogens with one attached hydrogen (secondary N) is 2. The summed E-state index contributed by atoms with van der Waals surface area (Å²) in [6, 6.07) is 17.0. The van der Waals surface area contributed by atoms with E-state index < -0.39 is 0 Å². The molecule has 0 aliphatic carbocycles. The lowest BCUT2D eigenvalue weighted by Gasteiger charge is -2.10. The molecule has 1 amide bonds. The van der Waals surface area contributed by atoms with Crippen LogP contribution in [0.5, 0.6) is 0 Å². The maximum atomic E-state index is 12.0. The molecule has 0 fully saturated rings. The summed E-state index contributed by atoms with van der Waals surface area (Å²) in [6.07, 6.45) is 1.15. The third-order valence-electron chi connectivity index (χ3n) is 3.23. The predicted molar refractivity (Wildman–Crippen MR) is 88.8 cm³/mol. The van der Waals surface area contributed by atoms with Crippen LogP contribution in [0, 0.1) is 5.92 Å². The molecule has 0 aromatic heterocycles. The first-order chi connectivity index (χ1) is 10.1. The van der Waals surface area contributed by atoms with Crippen molar-refractivity contribution in [3.8, 4) is 0 Å². The van der Waals surface area contributed by atoms with E-state index in [1.165, 1.54) is 0 Å². The van der Waals surface area contributed by atoms with Crippen LogP contribution in [0.4, 0.5) is 11.4 Å². The molecule has 2 aromatic rings. The van der Waals surface area contributed by atoms with Crippen LogP contribution in [-0.2, 0) is 0 Å². The molecule has 2 rings (SSSR count). The van der Waals surface area contributed by atoms with Crippen molar-refractivity contribution in [3.05, 3.63) is 60.2 Å². The Hall–Kier alpha value is -2.29. The first kappa shape index (κ1) is 15.1. The van der Waals surface area contributed by atoms with Gasteiger partial charge in [0.15, 0.2) is 0 Å². The van der Waals surface area contributed by atoms with Gasteiger partial charge in [0.1, 0.15) is 0 Å². The third-order valence-corrected chi connectivity index (χ3v) is 3.23. The summed E-state index contributed by atoms with van der Waals surface area (Å²) in [6.45, 7) is 5.39. The summed E-state index contributed by atoms with van der Waals surface area (Å²) in [5.41, 5.74) is 2.54. The number of hydrogen-bond donors (Lipinski definition) is 2. The summed E-state index contributed by atoms with van der Waals surface area (Å²) < 4.78 is 0. The van der Waals surface area contributed by atoms with Crippen LogP contribution in [0.1, 0.15) is 30.6 Å². The lowest BCUT2D eigenvalue weighted by atomic mass is 10.1. The lowest BCUT2D eigenvalue weighted by molar-refractivity contribution is 0.102. The number of rotatable bonds is 6. The SMILES string of the molecule is CC(C)CCNc1ccc(NC(=O)c2ccccc2)cc1. The molecule has 0 bridgehead atoms. The van der Waals surface area contributed by atoms with Gasteiger partial charge >= 0.3 is 0 Å². The zero-order chi connectivity index (χ0) is 15.1. The van der Waals surface area contributed by atoms with Crippen molar-refractivity contribution < 1.29 is 4.79 Å². The number of benzene rings is 2. The topological polar surface area (TPSA) is 41.1 Å². The summed E-state index contributed by atoms with van der Waals surface area (Å²) in [7, 11) is 0. The number of amides is 1. The zero-order valence-electron chi connectivity index (χ0n) is 12.6. The fourth-order valence-corrected chi connectivity index (χ4v) is 1.97. The highest BCUT2D eigenvalue weighted by molar-refractivity contribution is 6.04. The van der Waals surface area contributed by atoms with Crippen molar-refractivity contribution in [3.63, 3.8) is 0 Å². The van der Waals surface area contributed by atoms with E-state index in [4.69, 9.17) is 0 Å². The molecule has 0 aliphatic rings. The molecule has 0 radical (unpaired) electrons. The molecule has 2 N–H and O–H groups in total. The van der Waals surface area contributed by atoms with Gasteiger partial charge in [-0.3, -0.25) is 4.79 Å². The minimum Gasteiger partial charge on any atom is -0.385 e. The van der Waals surface area contributed by atoms with Crippen molar-refractivity contribution >= 4 is 17.3 Å². The van der Waals surface area contributed by atoms with Crippen LogP contribution >= 0.6 is 0 Å². The quantitative estimate of drug-likeness (QED) is 0.824. The fourth-order valence-electron chi connectivity index (χ4n) is 1.97. The van der Waals surface area contributed by atoms with Gasteiger partial charge in [-0.05, 0) is 48.7 Å². The maximum absolute atomic E-state index is 12.0. The summed E-state index contributed by atoms with van der Waals surface area (Å²) in [5.74, 6) is 0.609. The van der Waals surface area contributed by atoms with Gasteiger partial charge in [-0.1, -0.05) is 32.0 Å². The Balaban J connectivity index is 1.89. The first-order valence-corrected chi connectivity index (χ1v) is 7.35. The molecule has 110 valence electrons. The maximum Gasteiger partial charge on any atom is 0.255 e. The van der Waals surface area contributed by atoms with Gasteiger partial charge in [-0.2, -0.15) is 0 Å². The van der Waals surface area contributed by atoms with Crippen molar-refractivity contribution in [2.24, 2.45) is 5.92 Å². The molecule has 21 heavy (non-hydrogen) atoms. The van der Waals surface area contributed by atoms with E-state index in [0.717, 1.165) is 24.3 Å². The highest BCUT2D eigenvalue weighted by Crippen LogP contribution is 2.15. The monoisotopic (exact) mass is 282 g/mol. The van der Waals surface area contributed by atoms with E-state index >= 15 is 0 Å². The molecule has 2 aromatic carbocycles. The van der Waals surface area contributed by atoms with Gasteiger partial charge in [0.25, 0.3) is 5.91 Å². The standard InChI is InChI=1S/C18H22N2O/c1-14(2)12-13-19-16-8-10-17(11-9-16)20-18(21)15-6-4-3-5-7-15/h3-11,14,19H,12-13H2,1-2H3,(H,20,21). The molecule has 0 saturated carbocycles. The Morgan fingerprint density at radius 3 is 2.19 bits per heavy atom. The molecule has 0 saturated heterocycles. The van der Waals surface area contributed by atoms with Crippen LogP contribution in [0.2, 0.25) is 0 Å². The Kier molecular flexibility index (Phi) is 5.38. The number of carbonyl (C=O) groups is 1. The highest BCUT2D eigenvalue weighted by Gasteiger charge is 2.04. The van der Waals surface area contributed by atoms with Gasteiger partial charge in [0.05, 0.1) is 0 Å². The predicted octanol–water partition coefficient (Wildman–Crippen LogP) is 4.40. The molecule has 3 nitrogen and oxygen atoms in total. The molecule has 0 atom stereocenters. The molecule has 0 spiro atoms. The van der Waals surface area contributed by atoms with Gasteiger partial charge in [-0.15, -0.1) is 0 Å². The lowest BCUT2D eigenvalue weighted by Crippen LogP contribution is -2.11. The number of hydrogen-bond acceptors (Lipinski definition) is 2. The third kappa shape index (κ3) is 4.95. The van der Waals surface area contributed by atoms with E-state index in [-0.39, 0.29) is 5.91 Å². The smallest absolute Gasteiger partial charge is 0.255 e. The minimum absolute atomic E-state index is 0.0869. The fraction of sp³-hybridized carbons (Fsp3) is 0.278. The molecule has 3 heteroatoms. The Bertz CT molecular complexity index is 562. The van der Waals surface area contributed by atoms with Gasteiger partial charge < -0.3 is 10.6 Å². The molecule has 0 aliphatic heterocycles. The van der Waals surface area contributed by atoms with E-state index in [0.29, 0.717) is 11.5 Å². The Labute approximate surface area is 126 Å². The Morgan fingerprint density at radius 1 is 0.952 bits per heavy atom. The van der Waals surface area contributed by atoms with Crippen molar-refractivity contribution in [2.75, 3.05) is 17.2 Å². The van der Waals surface area contributed by atoms with Crippen LogP contribution in [0.15, 0.2) is 54.6 Å². The molecular weight excluding hydrogens is 260 g/mol. The average molecular weight is 282 g/mol. The van der Waals surface area contributed by atoms with E-state index in [9.17, 15) is 4.79 Å². The number of anilines is 2. The van der Waals surface area contributed by atoms with E-state index in [1.807, 2.05) is 42.5 Å². The summed E-state index contributed by atoms with van der Waals surface area (Å²) in [4.78, 5) is 12.0. The average Bonchev–Trinajstić information content (AvgIpc) is 2.49. The van der Waals surface area contributed by atoms with E-state index in [1.54, 1.807) is 12.1 Å². The first-order valence-electron chi connectivity index (χ1n) is 7.35. The van der Waals surface area contributed by atoms with Crippen molar-refractivity contribution in [1.29, 1.82) is 0 Å². The van der Waals surface area contributed by atoms with Crippen molar-refractivity contribution in [1.82, 2.24) is 0 Å². The molecule has 0 heterocycles. The van der Waals surface area contributed by atoms with Crippen LogP contribution in [0.25, 0.3) is 0 Å². The second-order valence-corrected chi connectivity index (χ2v) is 5.51. The Morgan fingerprint density at radius 2 is 1.57 bits per heavy atom. The normalized spacial score (nSPS) is 10.4. The second kappa shape index (κ2) is 7.48. The summed E-state index contributed by atoms with van der Waals surface area (Å²) >= 11 is 0. The van der Waals surface area contributed by atoms with Crippen LogP contribution in [0.3, 0.4) is 0 Å². The molecule has 0 unspecified atom stereocenters. The van der Waals surface area contributed by atoms with Gasteiger partial charge in [-0.25, -0.2) is 0 Å². The van der Waals surface area contributed by atoms with Crippen LogP contribution < -0.4 is 10.6 Å². The van der Waals surface area contributed by atoms with E-state index in [2.05, 4.69) is 24.5 Å². The largest absolute Gasteiger partial charge is 0.385 e. The highest BCUT2D eigenvalue weighted by atomic mass is 16.1. The van der Waals surface area contributed by atoms with Crippen LogP contribution in [-0.4, -0.2) is 12.5 Å². The number of carbonyl (C=O) groups excluding carboxylic acids is 1. The second-order valence-electron chi connectivity index (χ2n) is 5.51. The van der Waals surface area contributed by atoms with Crippen molar-refractivity contribution in [2.45, 2.75) is 20.3 Å². The van der Waals surface area contributed by atoms with Gasteiger partial charge in [0.2, 0.25) is 0 Å².